The second kappa shape index (κ2) is 11.3. The number of nitrogens with two attached hydrogens (primary N) is 1. The Morgan fingerprint density at radius 2 is 1.78 bits per heavy atom. The monoisotopic (exact) mass is 504 g/mol. The normalized spacial score (nSPS) is 21.5. The van der Waals surface area contributed by atoms with Crippen LogP contribution >= 0.6 is 0 Å². The maximum absolute atomic E-state index is 12.1. The summed E-state index contributed by atoms with van der Waals surface area (Å²) in [5, 5.41) is 19.3. The molecule has 0 unspecified atom stereocenters. The lowest BCUT2D eigenvalue weighted by atomic mass is 10.0. The molecule has 37 heavy (non-hydrogen) atoms. The number of anilines is 4. The molecule has 11 nitrogen and oxygen atoms in total. The number of amides is 1. The Hall–Kier alpha value is -3.46. The molecule has 2 aromatic rings. The minimum absolute atomic E-state index is 0.0540. The van der Waals surface area contributed by atoms with Gasteiger partial charge in [0, 0.05) is 69.3 Å². The fraction of sp³-hybridized carbons (Fsp3) is 0.538. The van der Waals surface area contributed by atoms with Gasteiger partial charge in [-0.1, -0.05) is 0 Å². The van der Waals surface area contributed by atoms with Gasteiger partial charge in [-0.05, 0) is 57.1 Å². The van der Waals surface area contributed by atoms with E-state index in [9.17, 15) is 10.1 Å². The third kappa shape index (κ3) is 5.93. The number of carbonyl (C=O) groups excluding carboxylic acids is 1. The summed E-state index contributed by atoms with van der Waals surface area (Å²) >= 11 is 0. The Morgan fingerprint density at radius 3 is 2.41 bits per heavy atom. The van der Waals surface area contributed by atoms with E-state index >= 15 is 0 Å². The van der Waals surface area contributed by atoms with Gasteiger partial charge in [0.25, 0.3) is 5.91 Å². The maximum Gasteiger partial charge on any atom is 0.271 e. The zero-order chi connectivity index (χ0) is 25.8. The highest BCUT2D eigenvalue weighted by Crippen LogP contribution is 2.27. The molecule has 1 aromatic heterocycles. The fourth-order valence-corrected chi connectivity index (χ4v) is 5.41. The molecule has 3 aliphatic rings. The van der Waals surface area contributed by atoms with Gasteiger partial charge < -0.3 is 31.5 Å². The molecule has 11 heteroatoms. The molecule has 4 heterocycles. The molecule has 5 N–H and O–H groups in total. The predicted octanol–water partition coefficient (Wildman–Crippen LogP) is 1.18. The standard InChI is InChI=1S/C26H36N10O/c1-34-12-14-36(15-13-34)21-7-10-35(11-8-21)20-4-2-18(3-5-20)30-26-23(24(28)37)32-22(16-27)25(33-26)31-19-6-9-29-17-19/h2-5,19,21,29H,6-15,17H2,1H3,(H2,28,37)(H2,30,31,33)/t19-/m1/s1. The van der Waals surface area contributed by atoms with Crippen molar-refractivity contribution < 1.29 is 4.79 Å². The number of likely N-dealkylation sites (N-methyl/N-ethyl adjacent to an activating group) is 1. The average Bonchev–Trinajstić information content (AvgIpc) is 3.43. The van der Waals surface area contributed by atoms with Crippen molar-refractivity contribution in [1.82, 2.24) is 25.1 Å². The number of hydrogen-bond donors (Lipinski definition) is 4. The fourth-order valence-electron chi connectivity index (χ4n) is 5.41. The van der Waals surface area contributed by atoms with Crippen LogP contribution in [0.1, 0.15) is 35.4 Å². The number of aromatic nitrogens is 2. The number of piperazine rings is 1. The van der Waals surface area contributed by atoms with E-state index in [0.29, 0.717) is 11.9 Å². The molecule has 1 amide bonds. The maximum atomic E-state index is 12.1. The number of nitriles is 1. The van der Waals surface area contributed by atoms with Crippen LogP contribution in [-0.4, -0.2) is 97.2 Å². The molecule has 1 atom stereocenters. The van der Waals surface area contributed by atoms with Crippen molar-refractivity contribution in [2.45, 2.75) is 31.3 Å². The molecular formula is C26H36N10O. The number of primary amides is 1. The van der Waals surface area contributed by atoms with Gasteiger partial charge in [-0.15, -0.1) is 0 Å². The number of piperidine rings is 1. The van der Waals surface area contributed by atoms with Crippen LogP contribution in [0.15, 0.2) is 24.3 Å². The highest BCUT2D eigenvalue weighted by atomic mass is 16.1. The number of nitrogens with one attached hydrogen (secondary N) is 3. The third-order valence-electron chi connectivity index (χ3n) is 7.65. The van der Waals surface area contributed by atoms with Gasteiger partial charge in [0.05, 0.1) is 0 Å². The minimum Gasteiger partial charge on any atom is -0.371 e. The van der Waals surface area contributed by atoms with Crippen LogP contribution in [0.5, 0.6) is 0 Å². The van der Waals surface area contributed by atoms with E-state index in [1.54, 1.807) is 0 Å². The van der Waals surface area contributed by atoms with Crippen molar-refractivity contribution in [3.63, 3.8) is 0 Å². The predicted molar refractivity (Wildman–Crippen MR) is 144 cm³/mol. The van der Waals surface area contributed by atoms with E-state index in [0.717, 1.165) is 51.4 Å². The van der Waals surface area contributed by atoms with Crippen molar-refractivity contribution in [3.05, 3.63) is 35.7 Å². The van der Waals surface area contributed by atoms with Crippen LogP contribution < -0.4 is 26.6 Å². The Labute approximate surface area is 218 Å². The van der Waals surface area contributed by atoms with Gasteiger partial charge in [0.2, 0.25) is 0 Å². The number of carbonyl (C=O) groups is 1. The van der Waals surface area contributed by atoms with Crippen LogP contribution in [0.4, 0.5) is 23.0 Å². The van der Waals surface area contributed by atoms with Crippen molar-refractivity contribution in [3.8, 4) is 6.07 Å². The lowest BCUT2D eigenvalue weighted by Gasteiger charge is -2.42. The first-order valence-corrected chi connectivity index (χ1v) is 13.1. The summed E-state index contributed by atoms with van der Waals surface area (Å²) < 4.78 is 0. The summed E-state index contributed by atoms with van der Waals surface area (Å²) in [6, 6.07) is 11.0. The van der Waals surface area contributed by atoms with Gasteiger partial charge in [-0.25, -0.2) is 9.97 Å². The molecule has 3 fully saturated rings. The highest BCUT2D eigenvalue weighted by Gasteiger charge is 2.27. The molecule has 0 aliphatic carbocycles. The summed E-state index contributed by atoms with van der Waals surface area (Å²) in [6.45, 7) is 8.42. The number of hydrogen-bond acceptors (Lipinski definition) is 10. The molecule has 0 spiro atoms. The zero-order valence-electron chi connectivity index (χ0n) is 21.4. The average molecular weight is 505 g/mol. The zero-order valence-corrected chi connectivity index (χ0v) is 21.4. The summed E-state index contributed by atoms with van der Waals surface area (Å²) in [4.78, 5) is 28.3. The van der Waals surface area contributed by atoms with E-state index in [4.69, 9.17) is 5.73 Å². The lowest BCUT2D eigenvalue weighted by molar-refractivity contribution is 0.0982. The van der Waals surface area contributed by atoms with Gasteiger partial charge in [0.15, 0.2) is 23.0 Å². The third-order valence-corrected chi connectivity index (χ3v) is 7.65. The second-order valence-corrected chi connectivity index (χ2v) is 10.2. The first-order valence-electron chi connectivity index (χ1n) is 13.1. The number of nitrogens with zero attached hydrogens (tertiary/aromatic N) is 6. The molecule has 196 valence electrons. The Kier molecular flexibility index (Phi) is 7.69. The first kappa shape index (κ1) is 25.2. The van der Waals surface area contributed by atoms with Gasteiger partial charge >= 0.3 is 0 Å². The van der Waals surface area contributed by atoms with E-state index in [1.807, 2.05) is 18.2 Å². The minimum atomic E-state index is -0.736. The summed E-state index contributed by atoms with van der Waals surface area (Å²) in [5.41, 5.74) is 7.52. The van der Waals surface area contributed by atoms with Crippen LogP contribution in [0.25, 0.3) is 0 Å². The topological polar surface area (TPSA) is 138 Å². The number of rotatable bonds is 7. The Balaban J connectivity index is 1.25. The van der Waals surface area contributed by atoms with Crippen molar-refractivity contribution >= 4 is 28.9 Å². The lowest BCUT2D eigenvalue weighted by Crippen LogP contribution is -2.52. The van der Waals surface area contributed by atoms with Crippen LogP contribution in [0.2, 0.25) is 0 Å². The Morgan fingerprint density at radius 1 is 1.05 bits per heavy atom. The van der Waals surface area contributed by atoms with E-state index in [2.05, 4.69) is 59.8 Å². The molecule has 5 rings (SSSR count). The molecular weight excluding hydrogens is 468 g/mol. The Bertz CT molecular complexity index is 1130. The first-order chi connectivity index (χ1) is 18.0. The van der Waals surface area contributed by atoms with Crippen LogP contribution in [0.3, 0.4) is 0 Å². The quantitative estimate of drug-likeness (QED) is 0.435. The van der Waals surface area contributed by atoms with E-state index < -0.39 is 5.91 Å². The molecule has 0 bridgehead atoms. The molecule has 1 aromatic carbocycles. The summed E-state index contributed by atoms with van der Waals surface area (Å²) in [5.74, 6) is -0.148. The molecule has 0 radical (unpaired) electrons. The van der Waals surface area contributed by atoms with Crippen molar-refractivity contribution in [2.24, 2.45) is 5.73 Å². The molecule has 0 saturated carbocycles. The molecule has 3 aliphatic heterocycles. The van der Waals surface area contributed by atoms with Crippen LogP contribution in [0, 0.1) is 11.3 Å². The SMILES string of the molecule is CN1CCN(C2CCN(c3ccc(Nc4nc(N[C@@H]5CCNC5)c(C#N)nc4C(N)=O)cc3)CC2)CC1. The van der Waals surface area contributed by atoms with Gasteiger partial charge in [-0.3, -0.25) is 9.69 Å². The summed E-state index contributed by atoms with van der Waals surface area (Å²) in [6.07, 6.45) is 3.28. The van der Waals surface area contributed by atoms with Crippen molar-refractivity contribution in [2.75, 3.05) is 74.9 Å². The number of benzene rings is 1. The molecule has 3 saturated heterocycles. The van der Waals surface area contributed by atoms with E-state index in [1.165, 1.54) is 31.6 Å². The van der Waals surface area contributed by atoms with Gasteiger partial charge in [-0.2, -0.15) is 5.26 Å². The largest absolute Gasteiger partial charge is 0.371 e. The summed E-state index contributed by atoms with van der Waals surface area (Å²) in [7, 11) is 2.20. The second-order valence-electron chi connectivity index (χ2n) is 10.2. The van der Waals surface area contributed by atoms with Crippen molar-refractivity contribution in [1.29, 1.82) is 5.26 Å². The van der Waals surface area contributed by atoms with E-state index in [-0.39, 0.29) is 23.2 Å². The van der Waals surface area contributed by atoms with Gasteiger partial charge in [0.1, 0.15) is 6.07 Å². The highest BCUT2D eigenvalue weighted by molar-refractivity contribution is 5.96. The van der Waals surface area contributed by atoms with Crippen LogP contribution in [-0.2, 0) is 0 Å². The smallest absolute Gasteiger partial charge is 0.271 e.